The second-order valence-corrected chi connectivity index (χ2v) is 4.14. The van der Waals surface area contributed by atoms with Crippen LogP contribution in [-0.4, -0.2) is 28.2 Å². The summed E-state index contributed by atoms with van der Waals surface area (Å²) in [6, 6.07) is 2.00. The summed E-state index contributed by atoms with van der Waals surface area (Å²) in [6.45, 7) is 5.33. The van der Waals surface area contributed by atoms with Gasteiger partial charge in [0.1, 0.15) is 12.1 Å². The van der Waals surface area contributed by atoms with Gasteiger partial charge in [-0.15, -0.1) is 0 Å². The summed E-state index contributed by atoms with van der Waals surface area (Å²) in [5.74, 6) is 1.33. The van der Waals surface area contributed by atoms with Crippen LogP contribution in [0.5, 0.6) is 0 Å². The largest absolute Gasteiger partial charge is 0.396 e. The van der Waals surface area contributed by atoms with Crippen LogP contribution in [0.2, 0.25) is 0 Å². The van der Waals surface area contributed by atoms with E-state index in [0.29, 0.717) is 5.92 Å². The maximum Gasteiger partial charge on any atom is 0.129 e. The van der Waals surface area contributed by atoms with Gasteiger partial charge < -0.3 is 10.4 Å². The smallest absolute Gasteiger partial charge is 0.129 e. The molecule has 1 heterocycles. The van der Waals surface area contributed by atoms with Crippen molar-refractivity contribution in [1.82, 2.24) is 9.97 Å². The molecule has 0 amide bonds. The first-order chi connectivity index (χ1) is 7.76. The highest BCUT2D eigenvalue weighted by Gasteiger charge is 2.02. The molecule has 1 aromatic rings. The molecular formula is C12H21N3O. The molecule has 0 bridgehead atoms. The minimum absolute atomic E-state index is 0.244. The van der Waals surface area contributed by atoms with Crippen LogP contribution in [0.25, 0.3) is 0 Å². The van der Waals surface area contributed by atoms with Crippen molar-refractivity contribution in [2.45, 2.75) is 33.1 Å². The predicted octanol–water partition coefficient (Wildman–Crippen LogP) is 1.86. The Kier molecular flexibility index (Phi) is 5.78. The summed E-state index contributed by atoms with van der Waals surface area (Å²) in [7, 11) is 0. The lowest BCUT2D eigenvalue weighted by atomic mass is 10.1. The molecule has 1 rings (SSSR count). The molecule has 4 nitrogen and oxygen atoms in total. The lowest BCUT2D eigenvalue weighted by Crippen LogP contribution is -2.13. The van der Waals surface area contributed by atoms with E-state index in [1.807, 2.05) is 6.07 Å². The van der Waals surface area contributed by atoms with Gasteiger partial charge in [-0.3, -0.25) is 0 Å². The van der Waals surface area contributed by atoms with Gasteiger partial charge in [0.2, 0.25) is 0 Å². The van der Waals surface area contributed by atoms with Gasteiger partial charge in [-0.2, -0.15) is 0 Å². The summed E-state index contributed by atoms with van der Waals surface area (Å²) in [6.07, 6.45) is 4.50. The summed E-state index contributed by atoms with van der Waals surface area (Å²) >= 11 is 0. The molecule has 1 aromatic heterocycles. The molecule has 90 valence electrons. The molecule has 4 heteroatoms. The molecule has 0 aliphatic rings. The van der Waals surface area contributed by atoms with E-state index in [4.69, 9.17) is 5.11 Å². The summed E-state index contributed by atoms with van der Waals surface area (Å²) < 4.78 is 0. The molecule has 1 atom stereocenters. The molecule has 0 aliphatic carbocycles. The van der Waals surface area contributed by atoms with Gasteiger partial charge in [0.15, 0.2) is 0 Å². The van der Waals surface area contributed by atoms with Gasteiger partial charge >= 0.3 is 0 Å². The number of nitrogens with zero attached hydrogens (tertiary/aromatic N) is 2. The minimum atomic E-state index is 0.244. The normalized spacial score (nSPS) is 12.4. The van der Waals surface area contributed by atoms with Gasteiger partial charge in [0.25, 0.3) is 0 Å². The Balaban J connectivity index is 2.44. The number of hydrogen-bond acceptors (Lipinski definition) is 4. The Morgan fingerprint density at radius 2 is 2.25 bits per heavy atom. The van der Waals surface area contributed by atoms with Crippen LogP contribution in [-0.2, 0) is 6.42 Å². The van der Waals surface area contributed by atoms with Gasteiger partial charge in [0.05, 0.1) is 0 Å². The van der Waals surface area contributed by atoms with Crippen molar-refractivity contribution in [3.05, 3.63) is 18.1 Å². The lowest BCUT2D eigenvalue weighted by molar-refractivity contribution is 0.266. The van der Waals surface area contributed by atoms with Crippen LogP contribution in [0.3, 0.4) is 0 Å². The summed E-state index contributed by atoms with van der Waals surface area (Å²) in [5, 5.41) is 12.1. The van der Waals surface area contributed by atoms with E-state index in [0.717, 1.165) is 37.3 Å². The third kappa shape index (κ3) is 4.57. The highest BCUT2D eigenvalue weighted by Crippen LogP contribution is 2.08. The van der Waals surface area contributed by atoms with Crippen LogP contribution in [0.15, 0.2) is 12.4 Å². The zero-order valence-electron chi connectivity index (χ0n) is 10.1. The number of aliphatic hydroxyl groups excluding tert-OH is 1. The first kappa shape index (κ1) is 12.9. The Labute approximate surface area is 97.1 Å². The van der Waals surface area contributed by atoms with Crippen molar-refractivity contribution < 1.29 is 5.11 Å². The Morgan fingerprint density at radius 3 is 2.94 bits per heavy atom. The molecule has 0 spiro atoms. The van der Waals surface area contributed by atoms with Crippen molar-refractivity contribution >= 4 is 5.82 Å². The number of aromatic nitrogens is 2. The van der Waals surface area contributed by atoms with Crippen LogP contribution in [0.4, 0.5) is 5.82 Å². The van der Waals surface area contributed by atoms with Gasteiger partial charge in [-0.1, -0.05) is 20.3 Å². The second-order valence-electron chi connectivity index (χ2n) is 4.14. The molecule has 0 aromatic carbocycles. The lowest BCUT2D eigenvalue weighted by Gasteiger charge is -2.11. The number of nitrogens with one attached hydrogen (secondary N) is 1. The SMILES string of the molecule is CCCc1cc(NCC(C)CCO)ncn1. The zero-order valence-corrected chi connectivity index (χ0v) is 10.1. The fraction of sp³-hybridized carbons (Fsp3) is 0.667. The second kappa shape index (κ2) is 7.17. The first-order valence-electron chi connectivity index (χ1n) is 5.92. The van der Waals surface area contributed by atoms with Crippen molar-refractivity contribution in [2.24, 2.45) is 5.92 Å². The summed E-state index contributed by atoms with van der Waals surface area (Å²) in [5.41, 5.74) is 1.08. The van der Waals surface area contributed by atoms with Crippen LogP contribution in [0.1, 0.15) is 32.4 Å². The third-order valence-corrected chi connectivity index (χ3v) is 2.48. The molecule has 0 saturated carbocycles. The first-order valence-corrected chi connectivity index (χ1v) is 5.92. The van der Waals surface area contributed by atoms with E-state index >= 15 is 0 Å². The molecule has 0 aliphatic heterocycles. The van der Waals surface area contributed by atoms with E-state index in [-0.39, 0.29) is 6.61 Å². The Morgan fingerprint density at radius 1 is 1.44 bits per heavy atom. The number of rotatable bonds is 7. The van der Waals surface area contributed by atoms with E-state index in [2.05, 4.69) is 29.1 Å². The zero-order chi connectivity index (χ0) is 11.8. The highest BCUT2D eigenvalue weighted by molar-refractivity contribution is 5.34. The van der Waals surface area contributed by atoms with Crippen molar-refractivity contribution in [1.29, 1.82) is 0 Å². The maximum absolute atomic E-state index is 8.79. The third-order valence-electron chi connectivity index (χ3n) is 2.48. The molecule has 0 saturated heterocycles. The standard InChI is InChI=1S/C12H21N3O/c1-3-4-11-7-12(15-9-14-11)13-8-10(2)5-6-16/h7,9-10,16H,3-6,8H2,1-2H3,(H,13,14,15). The average molecular weight is 223 g/mol. The van der Waals surface area contributed by atoms with E-state index in [1.165, 1.54) is 0 Å². The predicted molar refractivity (Wildman–Crippen MR) is 65.4 cm³/mol. The van der Waals surface area contributed by atoms with Crippen molar-refractivity contribution in [3.8, 4) is 0 Å². The molecular weight excluding hydrogens is 202 g/mol. The van der Waals surface area contributed by atoms with Crippen molar-refractivity contribution in [3.63, 3.8) is 0 Å². The van der Waals surface area contributed by atoms with E-state index in [1.54, 1.807) is 6.33 Å². The highest BCUT2D eigenvalue weighted by atomic mass is 16.3. The molecule has 0 fully saturated rings. The summed E-state index contributed by atoms with van der Waals surface area (Å²) in [4.78, 5) is 8.37. The van der Waals surface area contributed by atoms with Crippen LogP contribution < -0.4 is 5.32 Å². The van der Waals surface area contributed by atoms with E-state index < -0.39 is 0 Å². The number of anilines is 1. The molecule has 16 heavy (non-hydrogen) atoms. The number of aliphatic hydroxyl groups is 1. The quantitative estimate of drug-likeness (QED) is 0.740. The molecule has 0 radical (unpaired) electrons. The fourth-order valence-electron chi connectivity index (χ4n) is 1.49. The van der Waals surface area contributed by atoms with E-state index in [9.17, 15) is 0 Å². The van der Waals surface area contributed by atoms with Crippen LogP contribution >= 0.6 is 0 Å². The van der Waals surface area contributed by atoms with Crippen LogP contribution in [0, 0.1) is 5.92 Å². The Bertz CT molecular complexity index is 304. The average Bonchev–Trinajstić information content (AvgIpc) is 2.28. The molecule has 1 unspecified atom stereocenters. The van der Waals surface area contributed by atoms with Crippen molar-refractivity contribution in [2.75, 3.05) is 18.5 Å². The van der Waals surface area contributed by atoms with Gasteiger partial charge in [-0.05, 0) is 18.8 Å². The number of hydrogen-bond donors (Lipinski definition) is 2. The minimum Gasteiger partial charge on any atom is -0.396 e. The monoisotopic (exact) mass is 223 g/mol. The number of aryl methyl sites for hydroxylation is 1. The van der Waals surface area contributed by atoms with Gasteiger partial charge in [-0.25, -0.2) is 9.97 Å². The molecule has 2 N–H and O–H groups in total. The fourth-order valence-corrected chi connectivity index (χ4v) is 1.49. The van der Waals surface area contributed by atoms with Gasteiger partial charge in [0, 0.05) is 24.9 Å². The topological polar surface area (TPSA) is 58.0 Å². The Hall–Kier alpha value is -1.16. The maximum atomic E-state index is 8.79.